The molecule has 13 heteroatoms. The van der Waals surface area contributed by atoms with Gasteiger partial charge in [-0.05, 0) is 88.2 Å². The molecule has 0 saturated carbocycles. The van der Waals surface area contributed by atoms with E-state index in [0.717, 1.165) is 39.7 Å². The van der Waals surface area contributed by atoms with Gasteiger partial charge in [-0.2, -0.15) is 4.68 Å². The number of hydrogen-bond donors (Lipinski definition) is 3. The van der Waals surface area contributed by atoms with Crippen molar-refractivity contribution in [2.24, 2.45) is 0 Å². The van der Waals surface area contributed by atoms with E-state index in [9.17, 15) is 19.7 Å². The third-order valence-corrected chi connectivity index (χ3v) is 9.38. The number of aryl methyl sites for hydroxylation is 1. The summed E-state index contributed by atoms with van der Waals surface area (Å²) in [6.45, 7) is 1.38. The third-order valence-electron chi connectivity index (χ3n) is 9.38. The molecule has 264 valence electrons. The predicted molar refractivity (Wildman–Crippen MR) is 207 cm³/mol. The van der Waals surface area contributed by atoms with Gasteiger partial charge in [0.15, 0.2) is 0 Å². The standard InChI is InChI=1S/C40H37BN8O4/c1-47(24-20-34-26-43-37-6-3-2-5-36(34)37)39(51)32-15-17-35(18-16-32)41-25-33(19-22-45-41)30-9-7-28(8-10-30)29-11-13-31(14-12-29)38(50)42-21-4-23-48-27-44-40(46-48)49(52)53/h2-3,5-19,22,25-27,43,45H,4,20-21,23-24H2,1H3,(H,42,50). The Bertz CT molecular complexity index is 2310. The summed E-state index contributed by atoms with van der Waals surface area (Å²) in [5.41, 5.74) is 8.77. The summed E-state index contributed by atoms with van der Waals surface area (Å²) < 4.78 is 1.39. The first-order chi connectivity index (χ1) is 25.8. The van der Waals surface area contributed by atoms with Crippen molar-refractivity contribution >= 4 is 46.5 Å². The van der Waals surface area contributed by atoms with Gasteiger partial charge in [0.05, 0.1) is 6.54 Å². The van der Waals surface area contributed by atoms with Crippen LogP contribution in [0.5, 0.6) is 0 Å². The van der Waals surface area contributed by atoms with Gasteiger partial charge < -0.3 is 30.5 Å². The number of aromatic nitrogens is 4. The lowest BCUT2D eigenvalue weighted by Gasteiger charge is -2.19. The van der Waals surface area contributed by atoms with E-state index < -0.39 is 10.9 Å². The quantitative estimate of drug-likeness (QED) is 0.0630. The van der Waals surface area contributed by atoms with Crippen LogP contribution in [0.3, 0.4) is 0 Å². The van der Waals surface area contributed by atoms with Gasteiger partial charge in [0.2, 0.25) is 6.33 Å². The summed E-state index contributed by atoms with van der Waals surface area (Å²) in [5.74, 6) is 1.54. The molecule has 0 saturated heterocycles. The van der Waals surface area contributed by atoms with Crippen molar-refractivity contribution < 1.29 is 14.5 Å². The Labute approximate surface area is 306 Å². The second kappa shape index (κ2) is 15.6. The number of rotatable bonds is 13. The molecule has 7 rings (SSSR count). The Balaban J connectivity index is 0.913. The normalized spacial score (nSPS) is 12.3. The second-order valence-corrected chi connectivity index (χ2v) is 12.9. The average Bonchev–Trinajstić information content (AvgIpc) is 3.86. The number of nitro groups is 1. The van der Waals surface area contributed by atoms with Crippen molar-refractivity contribution in [2.45, 2.75) is 19.4 Å². The Morgan fingerprint density at radius 1 is 0.925 bits per heavy atom. The Kier molecular flexibility index (Phi) is 10.2. The van der Waals surface area contributed by atoms with E-state index in [2.05, 4.69) is 74.1 Å². The van der Waals surface area contributed by atoms with Gasteiger partial charge >= 0.3 is 12.8 Å². The number of aromatic amines is 1. The smallest absolute Gasteiger partial charge is 0.426 e. The Hall–Kier alpha value is -6.76. The molecule has 0 aliphatic carbocycles. The minimum atomic E-state index is -0.642. The molecule has 0 fully saturated rings. The van der Waals surface area contributed by atoms with Gasteiger partial charge in [-0.25, -0.2) is 0 Å². The zero-order chi connectivity index (χ0) is 36.7. The molecule has 1 aliphatic heterocycles. The van der Waals surface area contributed by atoms with Crippen molar-refractivity contribution in [1.82, 2.24) is 35.2 Å². The molecule has 3 heterocycles. The Morgan fingerprint density at radius 3 is 2.36 bits per heavy atom. The first-order valence-corrected chi connectivity index (χ1v) is 17.4. The number of likely N-dealkylation sites (N-methyl/N-ethyl adjacent to an activating group) is 1. The van der Waals surface area contributed by atoms with Crippen LogP contribution in [0.1, 0.15) is 38.3 Å². The maximum absolute atomic E-state index is 13.2. The molecule has 6 aromatic rings. The highest BCUT2D eigenvalue weighted by Gasteiger charge is 2.19. The fraction of sp³-hybridized carbons (Fsp3) is 0.150. The fourth-order valence-corrected chi connectivity index (χ4v) is 6.38. The fourth-order valence-electron chi connectivity index (χ4n) is 6.38. The number of benzene rings is 4. The predicted octanol–water partition coefficient (Wildman–Crippen LogP) is 5.41. The largest absolute Gasteiger partial charge is 0.490 e. The lowest BCUT2D eigenvalue weighted by molar-refractivity contribution is -0.394. The zero-order valence-corrected chi connectivity index (χ0v) is 29.1. The van der Waals surface area contributed by atoms with Crippen LogP contribution >= 0.6 is 0 Å². The maximum Gasteiger partial charge on any atom is 0.490 e. The van der Waals surface area contributed by atoms with E-state index in [1.54, 1.807) is 17.0 Å². The van der Waals surface area contributed by atoms with Crippen LogP contribution in [0.4, 0.5) is 5.95 Å². The molecule has 12 nitrogen and oxygen atoms in total. The molecule has 1 aliphatic rings. The number of fused-ring (bicyclic) bond motifs is 1. The summed E-state index contributed by atoms with van der Waals surface area (Å²) in [7, 11) is 1.85. The summed E-state index contributed by atoms with van der Waals surface area (Å²) in [5, 5.41) is 22.0. The number of amides is 2. The van der Waals surface area contributed by atoms with Crippen LogP contribution in [0, 0.1) is 10.1 Å². The summed E-state index contributed by atoms with van der Waals surface area (Å²) in [4.78, 5) is 44.6. The topological polar surface area (TPSA) is 151 Å². The first kappa shape index (κ1) is 34.7. The number of H-pyrrole nitrogens is 1. The lowest BCUT2D eigenvalue weighted by Crippen LogP contribution is -2.42. The van der Waals surface area contributed by atoms with E-state index >= 15 is 0 Å². The number of nitrogens with one attached hydrogen (secondary N) is 3. The number of hydrogen-bond acceptors (Lipinski definition) is 7. The lowest BCUT2D eigenvalue weighted by atomic mass is 9.54. The van der Waals surface area contributed by atoms with Gasteiger partial charge in [0.1, 0.15) is 0 Å². The van der Waals surface area contributed by atoms with Gasteiger partial charge in [-0.1, -0.05) is 83.2 Å². The SMILES string of the molecule is CN(CCc1c[nH]c2ccccc12)C(=O)c1ccc(B2C=C(c3ccc(-c4ccc(C(=O)NCCCn5cnc([N+](=O)[O-])n5)cc4)cc3)C=CN2)cc1. The highest BCUT2D eigenvalue weighted by Crippen LogP contribution is 2.25. The third kappa shape index (κ3) is 8.09. The van der Waals surface area contributed by atoms with E-state index in [1.807, 2.05) is 68.0 Å². The van der Waals surface area contributed by atoms with E-state index in [4.69, 9.17) is 0 Å². The first-order valence-electron chi connectivity index (χ1n) is 17.4. The average molecular weight is 705 g/mol. The van der Waals surface area contributed by atoms with Crippen LogP contribution in [-0.2, 0) is 13.0 Å². The van der Waals surface area contributed by atoms with Crippen molar-refractivity contribution in [1.29, 1.82) is 0 Å². The van der Waals surface area contributed by atoms with Crippen molar-refractivity contribution in [3.8, 4) is 11.1 Å². The molecule has 53 heavy (non-hydrogen) atoms. The van der Waals surface area contributed by atoms with Gasteiger partial charge in [-0.3, -0.25) is 9.59 Å². The number of carbonyl (C=O) groups excluding carboxylic acids is 2. The number of allylic oxidation sites excluding steroid dienone is 2. The van der Waals surface area contributed by atoms with Crippen LogP contribution < -0.4 is 16.0 Å². The van der Waals surface area contributed by atoms with E-state index in [-0.39, 0.29) is 18.7 Å². The van der Waals surface area contributed by atoms with Crippen LogP contribution in [0.15, 0.2) is 128 Å². The number of nitrogens with zero attached hydrogens (tertiary/aromatic N) is 5. The number of para-hydroxylation sites is 1. The summed E-state index contributed by atoms with van der Waals surface area (Å²) in [6.07, 6.45) is 8.67. The van der Waals surface area contributed by atoms with Crippen LogP contribution in [0.25, 0.3) is 27.6 Å². The summed E-state index contributed by atoms with van der Waals surface area (Å²) in [6, 6.07) is 31.8. The second-order valence-electron chi connectivity index (χ2n) is 12.9. The molecule has 4 aromatic carbocycles. The molecule has 0 radical (unpaired) electrons. The molecule has 2 amide bonds. The molecule has 0 atom stereocenters. The van der Waals surface area contributed by atoms with E-state index in [1.165, 1.54) is 22.0 Å². The van der Waals surface area contributed by atoms with Crippen molar-refractivity contribution in [3.63, 3.8) is 0 Å². The van der Waals surface area contributed by atoms with Crippen LogP contribution in [0.2, 0.25) is 0 Å². The zero-order valence-electron chi connectivity index (χ0n) is 29.1. The number of carbonyl (C=O) groups is 2. The molecular formula is C40H37BN8O4. The molecule has 3 N–H and O–H groups in total. The van der Waals surface area contributed by atoms with Gasteiger partial charge in [0, 0.05) is 53.5 Å². The van der Waals surface area contributed by atoms with E-state index in [0.29, 0.717) is 37.2 Å². The van der Waals surface area contributed by atoms with Crippen molar-refractivity contribution in [3.05, 3.63) is 160 Å². The molecule has 0 spiro atoms. The van der Waals surface area contributed by atoms with Gasteiger partial charge in [0.25, 0.3) is 11.8 Å². The minimum absolute atomic E-state index is 0.00410. The highest BCUT2D eigenvalue weighted by molar-refractivity contribution is 6.77. The van der Waals surface area contributed by atoms with Gasteiger partial charge in [-0.15, -0.1) is 0 Å². The summed E-state index contributed by atoms with van der Waals surface area (Å²) >= 11 is 0. The minimum Gasteiger partial charge on any atom is -0.426 e. The highest BCUT2D eigenvalue weighted by atomic mass is 16.6. The molecular weight excluding hydrogens is 667 g/mol. The maximum atomic E-state index is 13.2. The van der Waals surface area contributed by atoms with Crippen molar-refractivity contribution in [2.75, 3.05) is 20.1 Å². The molecule has 0 unspecified atom stereocenters. The molecule has 2 aromatic heterocycles. The monoisotopic (exact) mass is 704 g/mol. The molecule has 0 bridgehead atoms. The van der Waals surface area contributed by atoms with Crippen LogP contribution in [-0.4, -0.2) is 68.4 Å². The Morgan fingerprint density at radius 2 is 1.62 bits per heavy atom.